The minimum absolute atomic E-state index is 0.153. The first-order chi connectivity index (χ1) is 9.77. The molecule has 0 heterocycles. The molecule has 0 saturated heterocycles. The van der Waals surface area contributed by atoms with Gasteiger partial charge in [-0.15, -0.1) is 0 Å². The topological polar surface area (TPSA) is 52.3 Å². The third-order valence-corrected chi connectivity index (χ3v) is 3.43. The molecule has 1 rings (SSSR count). The molecule has 0 fully saturated rings. The lowest BCUT2D eigenvalue weighted by Gasteiger charge is -2.08. The Kier molecular flexibility index (Phi) is 8.72. The largest absolute Gasteiger partial charge is 0.465 e. The van der Waals surface area contributed by atoms with Gasteiger partial charge in [0.15, 0.2) is 0 Å². The van der Waals surface area contributed by atoms with Crippen LogP contribution in [0.2, 0.25) is 0 Å². The summed E-state index contributed by atoms with van der Waals surface area (Å²) in [5, 5.41) is 0. The number of carbonyl (C=O) groups is 1. The average molecular weight is 277 g/mol. The van der Waals surface area contributed by atoms with Crippen LogP contribution in [0.25, 0.3) is 0 Å². The number of unbranched alkanes of at least 4 members (excludes halogenated alkanes) is 5. The maximum absolute atomic E-state index is 11.8. The van der Waals surface area contributed by atoms with Crippen molar-refractivity contribution in [1.29, 1.82) is 0 Å². The number of ether oxygens (including phenoxy) is 1. The molecule has 3 heteroatoms. The van der Waals surface area contributed by atoms with Crippen LogP contribution < -0.4 is 5.73 Å². The molecule has 1 aromatic carbocycles. The highest BCUT2D eigenvalue weighted by Crippen LogP contribution is 2.10. The van der Waals surface area contributed by atoms with E-state index in [2.05, 4.69) is 6.92 Å². The predicted octanol–water partition coefficient (Wildman–Crippen LogP) is 3.59. The van der Waals surface area contributed by atoms with Crippen molar-refractivity contribution in [2.45, 2.75) is 58.4 Å². The van der Waals surface area contributed by atoms with Crippen molar-refractivity contribution in [3.63, 3.8) is 0 Å². The molecule has 0 aliphatic heterocycles. The molecule has 1 aromatic rings. The Morgan fingerprint density at radius 1 is 1.05 bits per heavy atom. The van der Waals surface area contributed by atoms with Crippen LogP contribution in [0, 0.1) is 0 Å². The highest BCUT2D eigenvalue weighted by atomic mass is 16.5. The second-order valence-electron chi connectivity index (χ2n) is 5.14. The van der Waals surface area contributed by atoms with E-state index in [1.807, 2.05) is 24.3 Å². The number of carbonyl (C=O) groups excluding carboxylic acids is 1. The number of rotatable bonds is 10. The third-order valence-electron chi connectivity index (χ3n) is 3.43. The van der Waals surface area contributed by atoms with E-state index in [1.165, 1.54) is 25.7 Å². The first-order valence-electron chi connectivity index (χ1n) is 7.70. The second kappa shape index (κ2) is 10.4. The summed E-state index contributed by atoms with van der Waals surface area (Å²) in [7, 11) is 0. The summed E-state index contributed by atoms with van der Waals surface area (Å²) < 4.78 is 5.27. The van der Waals surface area contributed by atoms with Crippen molar-refractivity contribution in [3.8, 4) is 0 Å². The van der Waals surface area contributed by atoms with Crippen LogP contribution in [-0.2, 0) is 22.5 Å². The van der Waals surface area contributed by atoms with Gasteiger partial charge in [0.2, 0.25) is 0 Å². The lowest BCUT2D eigenvalue weighted by atomic mass is 10.1. The molecule has 0 amide bonds. The van der Waals surface area contributed by atoms with E-state index in [9.17, 15) is 4.79 Å². The zero-order chi connectivity index (χ0) is 14.6. The Morgan fingerprint density at radius 3 is 2.40 bits per heavy atom. The molecule has 112 valence electrons. The average Bonchev–Trinajstić information content (AvgIpc) is 2.47. The maximum atomic E-state index is 11.8. The van der Waals surface area contributed by atoms with Gasteiger partial charge < -0.3 is 10.5 Å². The van der Waals surface area contributed by atoms with Crippen LogP contribution >= 0.6 is 0 Å². The minimum atomic E-state index is -0.153. The van der Waals surface area contributed by atoms with Crippen molar-refractivity contribution < 1.29 is 9.53 Å². The van der Waals surface area contributed by atoms with Gasteiger partial charge in [-0.05, 0) is 17.5 Å². The van der Waals surface area contributed by atoms with Crippen molar-refractivity contribution in [2.24, 2.45) is 5.73 Å². The molecule has 0 unspecified atom stereocenters. The molecule has 20 heavy (non-hydrogen) atoms. The van der Waals surface area contributed by atoms with E-state index in [4.69, 9.17) is 10.5 Å². The summed E-state index contributed by atoms with van der Waals surface area (Å²) >= 11 is 0. The van der Waals surface area contributed by atoms with Crippen LogP contribution in [0.15, 0.2) is 24.3 Å². The molecule has 0 bridgehead atoms. The maximum Gasteiger partial charge on any atom is 0.310 e. The second-order valence-corrected chi connectivity index (χ2v) is 5.14. The molecule has 0 atom stereocenters. The van der Waals surface area contributed by atoms with Gasteiger partial charge in [0.05, 0.1) is 13.0 Å². The predicted molar refractivity (Wildman–Crippen MR) is 82.4 cm³/mol. The number of benzene rings is 1. The van der Waals surface area contributed by atoms with Gasteiger partial charge in [0.1, 0.15) is 0 Å². The van der Waals surface area contributed by atoms with Crippen molar-refractivity contribution in [1.82, 2.24) is 0 Å². The van der Waals surface area contributed by atoms with Crippen molar-refractivity contribution >= 4 is 5.97 Å². The SMILES string of the molecule is CCCCCCCCOC(=O)Cc1ccccc1CN. The highest BCUT2D eigenvalue weighted by Gasteiger charge is 2.07. The third kappa shape index (κ3) is 6.71. The lowest BCUT2D eigenvalue weighted by molar-refractivity contribution is -0.142. The fraction of sp³-hybridized carbons (Fsp3) is 0.588. The summed E-state index contributed by atoms with van der Waals surface area (Å²) in [5.41, 5.74) is 7.65. The quantitative estimate of drug-likeness (QED) is 0.525. The number of hydrogen-bond donors (Lipinski definition) is 1. The molecule has 0 aliphatic rings. The fourth-order valence-electron chi connectivity index (χ4n) is 2.20. The number of nitrogens with two attached hydrogens (primary N) is 1. The summed E-state index contributed by atoms with van der Waals surface area (Å²) in [6, 6.07) is 7.76. The molecule has 0 saturated carbocycles. The molecule has 3 nitrogen and oxygen atoms in total. The molecule has 0 aromatic heterocycles. The van der Waals surface area contributed by atoms with Gasteiger partial charge in [0, 0.05) is 6.54 Å². The molecule has 0 aliphatic carbocycles. The lowest BCUT2D eigenvalue weighted by Crippen LogP contribution is -2.11. The molecular formula is C17H27NO2. The zero-order valence-electron chi connectivity index (χ0n) is 12.6. The molecule has 2 N–H and O–H groups in total. The van der Waals surface area contributed by atoms with E-state index in [1.54, 1.807) is 0 Å². The Morgan fingerprint density at radius 2 is 1.70 bits per heavy atom. The van der Waals surface area contributed by atoms with E-state index < -0.39 is 0 Å². The van der Waals surface area contributed by atoms with E-state index >= 15 is 0 Å². The summed E-state index contributed by atoms with van der Waals surface area (Å²) in [6.45, 7) is 3.21. The monoisotopic (exact) mass is 277 g/mol. The Bertz CT molecular complexity index is 390. The summed E-state index contributed by atoms with van der Waals surface area (Å²) in [4.78, 5) is 11.8. The van der Waals surface area contributed by atoms with Gasteiger partial charge in [-0.2, -0.15) is 0 Å². The highest BCUT2D eigenvalue weighted by molar-refractivity contribution is 5.73. The Labute approximate surface area is 122 Å². The van der Waals surface area contributed by atoms with Crippen LogP contribution in [0.1, 0.15) is 56.6 Å². The standard InChI is InChI=1S/C17H27NO2/c1-2-3-4-5-6-9-12-20-17(19)13-15-10-7-8-11-16(15)14-18/h7-8,10-11H,2-6,9,12-14,18H2,1H3. The van der Waals surface area contributed by atoms with Crippen LogP contribution in [0.4, 0.5) is 0 Å². The van der Waals surface area contributed by atoms with E-state index in [0.29, 0.717) is 19.6 Å². The molecule has 0 spiro atoms. The van der Waals surface area contributed by atoms with Crippen LogP contribution in [0.3, 0.4) is 0 Å². The van der Waals surface area contributed by atoms with Gasteiger partial charge in [-0.3, -0.25) is 4.79 Å². The summed E-state index contributed by atoms with van der Waals surface area (Å²) in [6.07, 6.45) is 7.52. The van der Waals surface area contributed by atoms with E-state index in [0.717, 1.165) is 24.0 Å². The zero-order valence-corrected chi connectivity index (χ0v) is 12.6. The molecular weight excluding hydrogens is 250 g/mol. The van der Waals surface area contributed by atoms with Crippen molar-refractivity contribution in [3.05, 3.63) is 35.4 Å². The van der Waals surface area contributed by atoms with Crippen LogP contribution in [0.5, 0.6) is 0 Å². The smallest absolute Gasteiger partial charge is 0.310 e. The van der Waals surface area contributed by atoms with Gasteiger partial charge >= 0.3 is 5.97 Å². The first-order valence-corrected chi connectivity index (χ1v) is 7.70. The number of esters is 1. The normalized spacial score (nSPS) is 10.5. The Hall–Kier alpha value is -1.35. The van der Waals surface area contributed by atoms with Gasteiger partial charge in [0.25, 0.3) is 0 Å². The number of hydrogen-bond acceptors (Lipinski definition) is 3. The first kappa shape index (κ1) is 16.7. The Balaban J connectivity index is 2.17. The van der Waals surface area contributed by atoms with Gasteiger partial charge in [-0.1, -0.05) is 63.3 Å². The fourth-order valence-corrected chi connectivity index (χ4v) is 2.20. The van der Waals surface area contributed by atoms with Crippen molar-refractivity contribution in [2.75, 3.05) is 6.61 Å². The van der Waals surface area contributed by atoms with Gasteiger partial charge in [-0.25, -0.2) is 0 Å². The molecule has 0 radical (unpaired) electrons. The summed E-state index contributed by atoms with van der Waals surface area (Å²) in [5.74, 6) is -0.153. The van der Waals surface area contributed by atoms with E-state index in [-0.39, 0.29) is 5.97 Å². The van der Waals surface area contributed by atoms with Crippen LogP contribution in [-0.4, -0.2) is 12.6 Å². The minimum Gasteiger partial charge on any atom is -0.465 e.